The largest absolute Gasteiger partial charge is 0.489 e. The molecule has 0 aromatic heterocycles. The Morgan fingerprint density at radius 2 is 1.52 bits per heavy atom. The molecule has 0 saturated carbocycles. The van der Waals surface area contributed by atoms with Crippen molar-refractivity contribution < 1.29 is 37.0 Å². The topological polar surface area (TPSA) is 177 Å². The van der Waals surface area contributed by atoms with Gasteiger partial charge in [-0.1, -0.05) is 72.8 Å². The number of alkyl carbamates (subject to hydrolysis) is 1. The fourth-order valence-electron chi connectivity index (χ4n) is 4.97. The third-order valence-corrected chi connectivity index (χ3v) is 8.10. The number of carbonyl (C=O) groups excluding carboxylic acids is 2. The molecule has 0 radical (unpaired) electrons. The number of amides is 2. The van der Waals surface area contributed by atoms with Crippen LogP contribution in [0, 0.1) is 10.1 Å². The monoisotopic (exact) mass is 704 g/mol. The van der Waals surface area contributed by atoms with E-state index in [1.807, 2.05) is 60.7 Å². The van der Waals surface area contributed by atoms with E-state index in [0.29, 0.717) is 30.9 Å². The van der Waals surface area contributed by atoms with Crippen molar-refractivity contribution in [1.82, 2.24) is 5.32 Å². The van der Waals surface area contributed by atoms with Gasteiger partial charge in [0.05, 0.1) is 10.6 Å². The van der Waals surface area contributed by atoms with Gasteiger partial charge in [0.25, 0.3) is 11.6 Å². The van der Waals surface area contributed by atoms with Crippen molar-refractivity contribution in [3.8, 4) is 5.75 Å². The van der Waals surface area contributed by atoms with Gasteiger partial charge in [0.2, 0.25) is 0 Å². The number of nitro groups is 1. The lowest BCUT2D eigenvalue weighted by Crippen LogP contribution is -2.52. The molecule has 4 aromatic rings. The Balaban J connectivity index is 1.57. The Kier molecular flexibility index (Phi) is 12.5. The highest BCUT2D eigenvalue weighted by molar-refractivity contribution is 7.88. The summed E-state index contributed by atoms with van der Waals surface area (Å²) in [7, 11) is -5.34. The highest BCUT2D eigenvalue weighted by Gasteiger charge is 2.36. The second kappa shape index (κ2) is 16.8. The van der Waals surface area contributed by atoms with Gasteiger partial charge in [-0.25, -0.2) is 4.79 Å². The molecule has 4 aromatic carbocycles. The number of aryl methyl sites for hydroxylation is 1. The highest BCUT2D eigenvalue weighted by Crippen LogP contribution is 2.32. The minimum atomic E-state index is -5.34. The quantitative estimate of drug-likeness (QED) is 0.0536. The summed E-state index contributed by atoms with van der Waals surface area (Å²) >= 11 is 0. The maximum absolute atomic E-state index is 13.9. The van der Waals surface area contributed by atoms with Crippen LogP contribution in [0.5, 0.6) is 5.75 Å². The molecule has 0 fully saturated rings. The van der Waals surface area contributed by atoms with Crippen molar-refractivity contribution in [3.05, 3.63) is 130 Å². The Hall–Kier alpha value is -5.47. The van der Waals surface area contributed by atoms with Crippen molar-refractivity contribution >= 4 is 39.4 Å². The molecule has 3 N–H and O–H groups in total. The molecule has 1 atom stereocenters. The maximum atomic E-state index is 13.9. The number of nitro benzene ring substituents is 1. The van der Waals surface area contributed by atoms with E-state index in [0.717, 1.165) is 29.7 Å². The number of hydrogen-bond donors (Lipinski definition) is 3. The first-order valence-electron chi connectivity index (χ1n) is 15.8. The molecule has 0 spiro atoms. The standard InChI is InChI=1S/C36H40N4O9S/c1-36(2,3)49-35(42)38-32(23-27-16-19-30(20-17-27)48-25-28-13-8-5-9-14-28)34(41)39(50(45,46)47)29-18-21-31(33(24-29)40(43)44)37-22-10-15-26-11-6-4-7-12-26/h4-9,11-14,16-21,24,32,37H,10,15,22-23,25H2,1-3H3,(H,38,42)(H,45,46,47)/t32-/m0/s1. The zero-order valence-corrected chi connectivity index (χ0v) is 28.8. The molecule has 13 nitrogen and oxygen atoms in total. The van der Waals surface area contributed by atoms with E-state index in [-0.39, 0.29) is 16.4 Å². The van der Waals surface area contributed by atoms with Crippen molar-refractivity contribution in [2.45, 2.75) is 58.3 Å². The van der Waals surface area contributed by atoms with Gasteiger partial charge in [-0.3, -0.25) is 19.5 Å². The summed E-state index contributed by atoms with van der Waals surface area (Å²) in [4.78, 5) is 38.1. The molecule has 14 heteroatoms. The van der Waals surface area contributed by atoms with Crippen LogP contribution in [0.3, 0.4) is 0 Å². The summed E-state index contributed by atoms with van der Waals surface area (Å²) in [6.45, 7) is 5.52. The molecular weight excluding hydrogens is 664 g/mol. The number of carbonyl (C=O) groups is 2. The molecule has 0 saturated heterocycles. The van der Waals surface area contributed by atoms with E-state index in [1.165, 1.54) is 6.07 Å². The first kappa shape index (κ1) is 37.4. The summed E-state index contributed by atoms with van der Waals surface area (Å²) in [6.07, 6.45) is 0.123. The normalized spacial score (nSPS) is 12.0. The SMILES string of the molecule is CC(C)(C)OC(=O)N[C@@H](Cc1ccc(OCc2ccccc2)cc1)C(=O)N(c1ccc(NCCCc2ccccc2)c([N+](=O)[O-])c1)S(=O)(=O)O. The predicted octanol–water partition coefficient (Wildman–Crippen LogP) is 6.49. The molecule has 0 heterocycles. The van der Waals surface area contributed by atoms with E-state index in [2.05, 4.69) is 10.6 Å². The second-order valence-electron chi connectivity index (χ2n) is 12.4. The Bertz CT molecular complexity index is 1870. The Morgan fingerprint density at radius 1 is 0.900 bits per heavy atom. The van der Waals surface area contributed by atoms with Crippen LogP contribution < -0.4 is 19.7 Å². The fourth-order valence-corrected chi connectivity index (χ4v) is 5.71. The summed E-state index contributed by atoms with van der Waals surface area (Å²) in [5, 5.41) is 17.4. The van der Waals surface area contributed by atoms with Crippen molar-refractivity contribution in [2.24, 2.45) is 0 Å². The summed E-state index contributed by atoms with van der Waals surface area (Å²) in [5.74, 6) is -0.748. The van der Waals surface area contributed by atoms with Gasteiger partial charge >= 0.3 is 16.4 Å². The molecule has 0 unspecified atom stereocenters. The molecule has 2 amide bonds. The van der Waals surface area contributed by atoms with E-state index in [9.17, 15) is 32.7 Å². The minimum Gasteiger partial charge on any atom is -0.489 e. The maximum Gasteiger partial charge on any atom is 0.408 e. The third kappa shape index (κ3) is 11.3. The van der Waals surface area contributed by atoms with Gasteiger partial charge in [0, 0.05) is 19.0 Å². The zero-order chi connectivity index (χ0) is 36.3. The summed E-state index contributed by atoms with van der Waals surface area (Å²) in [5.41, 5.74) is 0.675. The average molecular weight is 705 g/mol. The first-order valence-corrected chi connectivity index (χ1v) is 17.2. The van der Waals surface area contributed by atoms with Gasteiger partial charge in [-0.2, -0.15) is 12.7 Å². The number of rotatable bonds is 15. The van der Waals surface area contributed by atoms with Crippen LogP contribution in [0.4, 0.5) is 21.9 Å². The van der Waals surface area contributed by atoms with E-state index in [4.69, 9.17) is 9.47 Å². The van der Waals surface area contributed by atoms with Crippen molar-refractivity contribution in [1.29, 1.82) is 0 Å². The number of hydrogen-bond acceptors (Lipinski definition) is 9. The van der Waals surface area contributed by atoms with Gasteiger partial charge < -0.3 is 20.1 Å². The lowest BCUT2D eigenvalue weighted by Gasteiger charge is -2.27. The van der Waals surface area contributed by atoms with Crippen molar-refractivity contribution in [2.75, 3.05) is 16.2 Å². The first-order chi connectivity index (χ1) is 23.7. The minimum absolute atomic E-state index is 0.0263. The Morgan fingerprint density at radius 3 is 2.10 bits per heavy atom. The molecule has 0 aliphatic carbocycles. The number of nitrogens with zero attached hydrogens (tertiary/aromatic N) is 2. The smallest absolute Gasteiger partial charge is 0.408 e. The molecule has 4 rings (SSSR count). The van der Waals surface area contributed by atoms with E-state index >= 15 is 0 Å². The van der Waals surface area contributed by atoms with Crippen LogP contribution >= 0.6 is 0 Å². The molecule has 0 aliphatic heterocycles. The predicted molar refractivity (Wildman–Crippen MR) is 189 cm³/mol. The molecule has 50 heavy (non-hydrogen) atoms. The number of anilines is 2. The average Bonchev–Trinajstić information content (AvgIpc) is 3.06. The van der Waals surface area contributed by atoms with Crippen LogP contribution in [0.15, 0.2) is 103 Å². The lowest BCUT2D eigenvalue weighted by atomic mass is 10.0. The van der Waals surface area contributed by atoms with Gasteiger partial charge in [0.15, 0.2) is 0 Å². The van der Waals surface area contributed by atoms with Crippen LogP contribution in [-0.2, 0) is 39.3 Å². The van der Waals surface area contributed by atoms with Crippen molar-refractivity contribution in [3.63, 3.8) is 0 Å². The van der Waals surface area contributed by atoms with Crippen LogP contribution in [-0.4, -0.2) is 48.1 Å². The van der Waals surface area contributed by atoms with Gasteiger partial charge in [0.1, 0.15) is 29.7 Å². The summed E-state index contributed by atoms with van der Waals surface area (Å²) < 4.78 is 46.8. The van der Waals surface area contributed by atoms with Crippen LogP contribution in [0.25, 0.3) is 0 Å². The lowest BCUT2D eigenvalue weighted by molar-refractivity contribution is -0.383. The third-order valence-electron chi connectivity index (χ3n) is 7.24. The summed E-state index contributed by atoms with van der Waals surface area (Å²) in [6, 6.07) is 27.5. The molecule has 264 valence electrons. The van der Waals surface area contributed by atoms with Crippen LogP contribution in [0.2, 0.25) is 0 Å². The second-order valence-corrected chi connectivity index (χ2v) is 13.6. The number of nitrogens with one attached hydrogen (secondary N) is 2. The van der Waals surface area contributed by atoms with Gasteiger partial charge in [-0.15, -0.1) is 0 Å². The fraction of sp³-hybridized carbons (Fsp3) is 0.278. The van der Waals surface area contributed by atoms with E-state index in [1.54, 1.807) is 45.0 Å². The molecular formula is C36H40N4O9S. The highest BCUT2D eigenvalue weighted by atomic mass is 32.2. The van der Waals surface area contributed by atoms with Gasteiger partial charge in [-0.05, 0) is 74.6 Å². The van der Waals surface area contributed by atoms with Crippen LogP contribution in [0.1, 0.15) is 43.9 Å². The molecule has 0 aliphatic rings. The zero-order valence-electron chi connectivity index (χ0n) is 27.9. The number of benzene rings is 4. The Labute approximate surface area is 291 Å². The van der Waals surface area contributed by atoms with E-state index < -0.39 is 50.2 Å². The number of ether oxygens (including phenoxy) is 2. The molecule has 0 bridgehead atoms.